The molecule has 2 rings (SSSR count). The fourth-order valence-electron chi connectivity index (χ4n) is 2.83. The lowest BCUT2D eigenvalue weighted by atomic mass is 10.1. The first kappa shape index (κ1) is 18.3. The predicted molar refractivity (Wildman–Crippen MR) is 96.9 cm³/mol. The highest BCUT2D eigenvalue weighted by molar-refractivity contribution is 5.79. The second-order valence-electron chi connectivity index (χ2n) is 6.74. The Morgan fingerprint density at radius 2 is 1.71 bits per heavy atom. The molecule has 5 heteroatoms. The van der Waals surface area contributed by atoms with Crippen molar-refractivity contribution >= 4 is 17.5 Å². The third-order valence-corrected chi connectivity index (χ3v) is 4.36. The Balaban J connectivity index is 1.65. The molecular formula is C19H29N3O2. The minimum absolute atomic E-state index is 0.0467. The molecule has 0 atom stereocenters. The summed E-state index contributed by atoms with van der Waals surface area (Å²) in [7, 11) is 0. The van der Waals surface area contributed by atoms with Gasteiger partial charge in [-0.1, -0.05) is 32.0 Å². The van der Waals surface area contributed by atoms with E-state index >= 15 is 0 Å². The minimum Gasteiger partial charge on any atom is -0.368 e. The molecule has 0 aliphatic carbocycles. The molecule has 1 aromatic carbocycles. The van der Waals surface area contributed by atoms with Crippen LogP contribution in [-0.4, -0.2) is 49.4 Å². The van der Waals surface area contributed by atoms with Crippen LogP contribution < -0.4 is 10.2 Å². The van der Waals surface area contributed by atoms with Gasteiger partial charge in [0.05, 0.1) is 0 Å². The maximum absolute atomic E-state index is 12.2. The van der Waals surface area contributed by atoms with Crippen LogP contribution >= 0.6 is 0 Å². The van der Waals surface area contributed by atoms with Crippen molar-refractivity contribution in [3.05, 3.63) is 30.3 Å². The van der Waals surface area contributed by atoms with Crippen LogP contribution in [0.25, 0.3) is 0 Å². The van der Waals surface area contributed by atoms with Crippen molar-refractivity contribution < 1.29 is 9.59 Å². The number of nitrogens with zero attached hydrogens (tertiary/aromatic N) is 2. The maximum Gasteiger partial charge on any atom is 0.224 e. The lowest BCUT2D eigenvalue weighted by Crippen LogP contribution is -2.49. The summed E-state index contributed by atoms with van der Waals surface area (Å²) in [5, 5.41) is 2.85. The Morgan fingerprint density at radius 3 is 2.33 bits per heavy atom. The first-order valence-corrected chi connectivity index (χ1v) is 8.90. The molecule has 1 aromatic rings. The van der Waals surface area contributed by atoms with Crippen molar-refractivity contribution in [2.45, 2.75) is 33.1 Å². The van der Waals surface area contributed by atoms with Crippen LogP contribution in [0.1, 0.15) is 33.1 Å². The number of para-hydroxylation sites is 1. The highest BCUT2D eigenvalue weighted by Crippen LogP contribution is 2.15. The van der Waals surface area contributed by atoms with E-state index in [1.165, 1.54) is 5.69 Å². The second kappa shape index (κ2) is 9.30. The molecule has 1 aliphatic rings. The minimum atomic E-state index is 0.0467. The van der Waals surface area contributed by atoms with Gasteiger partial charge < -0.3 is 15.1 Å². The van der Waals surface area contributed by atoms with Gasteiger partial charge in [0.15, 0.2) is 0 Å². The van der Waals surface area contributed by atoms with Crippen LogP contribution in [0.3, 0.4) is 0 Å². The van der Waals surface area contributed by atoms with Crippen LogP contribution in [0.15, 0.2) is 30.3 Å². The molecule has 0 spiro atoms. The van der Waals surface area contributed by atoms with Gasteiger partial charge in [-0.3, -0.25) is 9.59 Å². The Hall–Kier alpha value is -2.04. The lowest BCUT2D eigenvalue weighted by Gasteiger charge is -2.36. The van der Waals surface area contributed by atoms with Gasteiger partial charge in [-0.25, -0.2) is 0 Å². The summed E-state index contributed by atoms with van der Waals surface area (Å²) in [6.45, 7) is 7.85. The zero-order valence-corrected chi connectivity index (χ0v) is 14.8. The highest BCUT2D eigenvalue weighted by Gasteiger charge is 2.20. The monoisotopic (exact) mass is 331 g/mol. The van der Waals surface area contributed by atoms with Gasteiger partial charge in [-0.05, 0) is 24.5 Å². The number of carbonyl (C=O) groups is 2. The van der Waals surface area contributed by atoms with E-state index in [0.717, 1.165) is 32.6 Å². The number of anilines is 1. The Morgan fingerprint density at radius 1 is 1.04 bits per heavy atom. The van der Waals surface area contributed by atoms with Gasteiger partial charge >= 0.3 is 0 Å². The Kier molecular flexibility index (Phi) is 7.09. The average Bonchev–Trinajstić information content (AvgIpc) is 2.61. The number of rotatable bonds is 7. The second-order valence-corrected chi connectivity index (χ2v) is 6.74. The van der Waals surface area contributed by atoms with Crippen LogP contribution in [0.5, 0.6) is 0 Å². The van der Waals surface area contributed by atoms with E-state index in [9.17, 15) is 9.59 Å². The molecule has 1 saturated heterocycles. The van der Waals surface area contributed by atoms with Crippen LogP contribution in [0, 0.1) is 5.92 Å². The highest BCUT2D eigenvalue weighted by atomic mass is 16.2. The molecule has 1 fully saturated rings. The molecule has 0 bridgehead atoms. The fourth-order valence-corrected chi connectivity index (χ4v) is 2.83. The van der Waals surface area contributed by atoms with Gasteiger partial charge in [0, 0.05) is 51.3 Å². The van der Waals surface area contributed by atoms with E-state index in [1.807, 2.05) is 23.1 Å². The zero-order chi connectivity index (χ0) is 17.4. The first-order chi connectivity index (χ1) is 11.6. The molecule has 1 aliphatic heterocycles. The van der Waals surface area contributed by atoms with E-state index in [2.05, 4.69) is 36.2 Å². The van der Waals surface area contributed by atoms with E-state index in [0.29, 0.717) is 25.3 Å². The fraction of sp³-hybridized carbons (Fsp3) is 0.579. The third kappa shape index (κ3) is 5.87. The van der Waals surface area contributed by atoms with Crippen LogP contribution in [0.2, 0.25) is 0 Å². The summed E-state index contributed by atoms with van der Waals surface area (Å²) in [4.78, 5) is 28.1. The summed E-state index contributed by atoms with van der Waals surface area (Å²) < 4.78 is 0. The number of amides is 2. The van der Waals surface area contributed by atoms with Gasteiger partial charge in [0.1, 0.15) is 0 Å². The summed E-state index contributed by atoms with van der Waals surface area (Å²) in [6, 6.07) is 10.3. The summed E-state index contributed by atoms with van der Waals surface area (Å²) in [5.74, 6) is 0.704. The van der Waals surface area contributed by atoms with Gasteiger partial charge in [0.25, 0.3) is 0 Å². The normalized spacial score (nSPS) is 14.8. The molecule has 2 amide bonds. The smallest absolute Gasteiger partial charge is 0.224 e. The lowest BCUT2D eigenvalue weighted by molar-refractivity contribution is -0.131. The molecule has 1 N–H and O–H groups in total. The maximum atomic E-state index is 12.2. The SMILES string of the molecule is CC(C)CCC(=O)NCCC(=O)N1CCN(c2ccccc2)CC1. The first-order valence-electron chi connectivity index (χ1n) is 8.90. The molecule has 1 heterocycles. The van der Waals surface area contributed by atoms with Crippen molar-refractivity contribution in [1.82, 2.24) is 10.2 Å². The zero-order valence-electron chi connectivity index (χ0n) is 14.8. The van der Waals surface area contributed by atoms with Gasteiger partial charge in [-0.15, -0.1) is 0 Å². The number of carbonyl (C=O) groups excluding carboxylic acids is 2. The Labute approximate surface area is 145 Å². The van der Waals surface area contributed by atoms with Gasteiger partial charge in [0.2, 0.25) is 11.8 Å². The number of nitrogens with one attached hydrogen (secondary N) is 1. The largest absolute Gasteiger partial charge is 0.368 e. The van der Waals surface area contributed by atoms with E-state index in [1.54, 1.807) is 0 Å². The van der Waals surface area contributed by atoms with E-state index in [4.69, 9.17) is 0 Å². The van der Waals surface area contributed by atoms with Crippen molar-refractivity contribution in [3.63, 3.8) is 0 Å². The molecule has 132 valence electrons. The molecular weight excluding hydrogens is 302 g/mol. The predicted octanol–water partition coefficient (Wildman–Crippen LogP) is 2.28. The van der Waals surface area contributed by atoms with E-state index in [-0.39, 0.29) is 11.8 Å². The quantitative estimate of drug-likeness (QED) is 0.834. The molecule has 0 aromatic heterocycles. The standard InChI is InChI=1S/C19H29N3O2/c1-16(2)8-9-18(23)20-11-10-19(24)22-14-12-21(13-15-22)17-6-4-3-5-7-17/h3-7,16H,8-15H2,1-2H3,(H,20,23). The molecule has 0 saturated carbocycles. The molecule has 0 radical (unpaired) electrons. The number of hydrogen-bond acceptors (Lipinski definition) is 3. The van der Waals surface area contributed by atoms with Crippen molar-refractivity contribution in [2.75, 3.05) is 37.6 Å². The summed E-state index contributed by atoms with van der Waals surface area (Å²) in [6.07, 6.45) is 1.82. The molecule has 0 unspecified atom stereocenters. The van der Waals surface area contributed by atoms with Crippen LogP contribution in [0.4, 0.5) is 5.69 Å². The topological polar surface area (TPSA) is 52.7 Å². The Bertz CT molecular complexity index is 523. The van der Waals surface area contributed by atoms with Gasteiger partial charge in [-0.2, -0.15) is 0 Å². The van der Waals surface area contributed by atoms with E-state index < -0.39 is 0 Å². The number of piperazine rings is 1. The molecule has 24 heavy (non-hydrogen) atoms. The summed E-state index contributed by atoms with van der Waals surface area (Å²) >= 11 is 0. The molecule has 5 nitrogen and oxygen atoms in total. The van der Waals surface area contributed by atoms with Crippen molar-refractivity contribution in [2.24, 2.45) is 5.92 Å². The number of benzene rings is 1. The summed E-state index contributed by atoms with van der Waals surface area (Å²) in [5.41, 5.74) is 1.21. The van der Waals surface area contributed by atoms with Crippen molar-refractivity contribution in [3.8, 4) is 0 Å². The van der Waals surface area contributed by atoms with Crippen molar-refractivity contribution in [1.29, 1.82) is 0 Å². The third-order valence-electron chi connectivity index (χ3n) is 4.36. The average molecular weight is 331 g/mol. The number of hydrogen-bond donors (Lipinski definition) is 1. The van der Waals surface area contributed by atoms with Crippen LogP contribution in [-0.2, 0) is 9.59 Å².